The van der Waals surface area contributed by atoms with Crippen LogP contribution < -0.4 is 10.6 Å². The summed E-state index contributed by atoms with van der Waals surface area (Å²) >= 11 is 0. The van der Waals surface area contributed by atoms with E-state index in [2.05, 4.69) is 29.4 Å². The molecule has 0 aromatic heterocycles. The van der Waals surface area contributed by atoms with E-state index in [9.17, 15) is 4.79 Å². The zero-order chi connectivity index (χ0) is 13.5. The highest BCUT2D eigenvalue weighted by atomic mass is 16.2. The fourth-order valence-electron chi connectivity index (χ4n) is 2.56. The summed E-state index contributed by atoms with van der Waals surface area (Å²) in [4.78, 5) is 14.5. The topological polar surface area (TPSA) is 44.4 Å². The summed E-state index contributed by atoms with van der Waals surface area (Å²) in [6.45, 7) is 8.30. The van der Waals surface area contributed by atoms with Crippen molar-refractivity contribution in [2.75, 3.05) is 20.1 Å². The Labute approximate surface area is 111 Å². The molecule has 4 nitrogen and oxygen atoms in total. The maximum absolute atomic E-state index is 12.2. The van der Waals surface area contributed by atoms with Gasteiger partial charge in [0.05, 0.1) is 6.04 Å². The largest absolute Gasteiger partial charge is 0.352 e. The zero-order valence-corrected chi connectivity index (χ0v) is 12.3. The van der Waals surface area contributed by atoms with Gasteiger partial charge in [-0.2, -0.15) is 0 Å². The highest BCUT2D eigenvalue weighted by molar-refractivity contribution is 5.81. The first-order chi connectivity index (χ1) is 8.62. The molecule has 0 bridgehead atoms. The Morgan fingerprint density at radius 2 is 1.83 bits per heavy atom. The Morgan fingerprint density at radius 1 is 1.28 bits per heavy atom. The van der Waals surface area contributed by atoms with Gasteiger partial charge in [-0.1, -0.05) is 13.8 Å². The van der Waals surface area contributed by atoms with Crippen LogP contribution in [0.15, 0.2) is 0 Å². The van der Waals surface area contributed by atoms with Gasteiger partial charge in [-0.3, -0.25) is 9.69 Å². The summed E-state index contributed by atoms with van der Waals surface area (Å²) in [6.07, 6.45) is 4.30. The number of carbonyl (C=O) groups excluding carboxylic acids is 1. The van der Waals surface area contributed by atoms with Crippen molar-refractivity contribution in [3.63, 3.8) is 0 Å². The van der Waals surface area contributed by atoms with Gasteiger partial charge in [0, 0.05) is 25.2 Å². The lowest BCUT2D eigenvalue weighted by atomic mass is 10.0. The Morgan fingerprint density at radius 3 is 2.28 bits per heavy atom. The Kier molecular flexibility index (Phi) is 6.65. The molecular weight excluding hydrogens is 226 g/mol. The first kappa shape index (κ1) is 15.4. The molecule has 1 unspecified atom stereocenters. The van der Waals surface area contributed by atoms with Crippen LogP contribution in [-0.2, 0) is 4.79 Å². The predicted molar refractivity (Wildman–Crippen MR) is 75.6 cm³/mol. The second-order valence-electron chi connectivity index (χ2n) is 5.30. The van der Waals surface area contributed by atoms with Gasteiger partial charge in [-0.25, -0.2) is 0 Å². The van der Waals surface area contributed by atoms with E-state index in [1.54, 1.807) is 0 Å². The van der Waals surface area contributed by atoms with Crippen molar-refractivity contribution >= 4 is 5.91 Å². The third kappa shape index (κ3) is 4.25. The number of piperidine rings is 1. The molecule has 1 fully saturated rings. The quantitative estimate of drug-likeness (QED) is 0.753. The molecular formula is C14H29N3O. The van der Waals surface area contributed by atoms with Crippen molar-refractivity contribution in [1.82, 2.24) is 15.5 Å². The predicted octanol–water partition coefficient (Wildman–Crippen LogP) is 1.36. The first-order valence-corrected chi connectivity index (χ1v) is 7.34. The minimum absolute atomic E-state index is 0.00315. The molecule has 1 rings (SSSR count). The van der Waals surface area contributed by atoms with Gasteiger partial charge < -0.3 is 10.6 Å². The molecule has 1 heterocycles. The van der Waals surface area contributed by atoms with E-state index >= 15 is 0 Å². The van der Waals surface area contributed by atoms with Gasteiger partial charge in [0.1, 0.15) is 0 Å². The van der Waals surface area contributed by atoms with Gasteiger partial charge in [0.15, 0.2) is 0 Å². The van der Waals surface area contributed by atoms with Crippen LogP contribution in [-0.4, -0.2) is 49.1 Å². The third-order valence-electron chi connectivity index (χ3n) is 4.20. The van der Waals surface area contributed by atoms with E-state index in [4.69, 9.17) is 0 Å². The fourth-order valence-corrected chi connectivity index (χ4v) is 2.56. The molecule has 0 aromatic rings. The van der Waals surface area contributed by atoms with Gasteiger partial charge >= 0.3 is 0 Å². The molecule has 1 aliphatic heterocycles. The number of rotatable bonds is 6. The highest BCUT2D eigenvalue weighted by Crippen LogP contribution is 2.13. The molecule has 0 saturated carbocycles. The summed E-state index contributed by atoms with van der Waals surface area (Å²) in [5.74, 6) is 0.187. The molecule has 0 spiro atoms. The summed E-state index contributed by atoms with van der Waals surface area (Å²) in [5.41, 5.74) is 0. The monoisotopic (exact) mass is 255 g/mol. The maximum Gasteiger partial charge on any atom is 0.237 e. The Balaban J connectivity index is 2.39. The Bertz CT molecular complexity index is 245. The summed E-state index contributed by atoms with van der Waals surface area (Å²) < 4.78 is 0. The van der Waals surface area contributed by atoms with Gasteiger partial charge in [0.25, 0.3) is 0 Å². The third-order valence-corrected chi connectivity index (χ3v) is 4.20. The van der Waals surface area contributed by atoms with E-state index in [-0.39, 0.29) is 11.9 Å². The van der Waals surface area contributed by atoms with Crippen molar-refractivity contribution in [3.8, 4) is 0 Å². The van der Waals surface area contributed by atoms with E-state index in [1.807, 2.05) is 14.0 Å². The van der Waals surface area contributed by atoms with Crippen LogP contribution in [0.2, 0.25) is 0 Å². The molecule has 0 radical (unpaired) electrons. The van der Waals surface area contributed by atoms with Crippen molar-refractivity contribution in [1.29, 1.82) is 0 Å². The van der Waals surface area contributed by atoms with Gasteiger partial charge in [-0.05, 0) is 39.7 Å². The second kappa shape index (κ2) is 7.74. The Hall–Kier alpha value is -0.610. The minimum Gasteiger partial charge on any atom is -0.352 e. The molecule has 1 atom stereocenters. The van der Waals surface area contributed by atoms with Crippen molar-refractivity contribution in [2.24, 2.45) is 0 Å². The average molecular weight is 255 g/mol. The van der Waals surface area contributed by atoms with Crippen LogP contribution in [0.3, 0.4) is 0 Å². The fraction of sp³-hybridized carbons (Fsp3) is 0.929. The molecule has 0 aliphatic carbocycles. The summed E-state index contributed by atoms with van der Waals surface area (Å²) in [7, 11) is 2.02. The zero-order valence-electron chi connectivity index (χ0n) is 12.3. The number of nitrogens with one attached hydrogen (secondary N) is 2. The molecule has 0 aromatic carbocycles. The first-order valence-electron chi connectivity index (χ1n) is 7.34. The minimum atomic E-state index is 0.00315. The summed E-state index contributed by atoms with van der Waals surface area (Å²) in [6, 6.07) is 0.953. The lowest BCUT2D eigenvalue weighted by molar-refractivity contribution is -0.127. The number of carbonyl (C=O) groups is 1. The molecule has 18 heavy (non-hydrogen) atoms. The van der Waals surface area contributed by atoms with E-state index in [0.29, 0.717) is 12.1 Å². The van der Waals surface area contributed by atoms with Crippen molar-refractivity contribution in [3.05, 3.63) is 0 Å². The van der Waals surface area contributed by atoms with E-state index in [1.165, 1.54) is 0 Å². The van der Waals surface area contributed by atoms with E-state index < -0.39 is 0 Å². The number of likely N-dealkylation sites (tertiary alicyclic amines) is 1. The van der Waals surface area contributed by atoms with Crippen LogP contribution in [0.25, 0.3) is 0 Å². The average Bonchev–Trinajstić information content (AvgIpc) is 2.43. The highest BCUT2D eigenvalue weighted by Gasteiger charge is 2.26. The molecule has 4 heteroatoms. The van der Waals surface area contributed by atoms with Crippen LogP contribution >= 0.6 is 0 Å². The van der Waals surface area contributed by atoms with Crippen LogP contribution in [0.5, 0.6) is 0 Å². The van der Waals surface area contributed by atoms with E-state index in [0.717, 1.165) is 38.8 Å². The molecule has 1 saturated heterocycles. The SMILES string of the molecule is CCC(CC)NC(=O)C(C)N1CCC(NC)CC1. The normalized spacial score (nSPS) is 20.1. The van der Waals surface area contributed by atoms with Crippen LogP contribution in [0.4, 0.5) is 0 Å². The standard InChI is InChI=1S/C14H29N3O/c1-5-12(6-2)16-14(18)11(3)17-9-7-13(15-4)8-10-17/h11-13,15H,5-10H2,1-4H3,(H,16,18). The lowest BCUT2D eigenvalue weighted by Gasteiger charge is -2.35. The van der Waals surface area contributed by atoms with Crippen LogP contribution in [0.1, 0.15) is 46.5 Å². The lowest BCUT2D eigenvalue weighted by Crippen LogP contribution is -2.52. The van der Waals surface area contributed by atoms with Crippen LogP contribution in [0, 0.1) is 0 Å². The van der Waals surface area contributed by atoms with Gasteiger partial charge in [0.2, 0.25) is 5.91 Å². The van der Waals surface area contributed by atoms with Crippen molar-refractivity contribution in [2.45, 2.75) is 64.6 Å². The number of hydrogen-bond donors (Lipinski definition) is 2. The van der Waals surface area contributed by atoms with Gasteiger partial charge in [-0.15, -0.1) is 0 Å². The molecule has 1 aliphatic rings. The smallest absolute Gasteiger partial charge is 0.237 e. The number of hydrogen-bond acceptors (Lipinski definition) is 3. The molecule has 2 N–H and O–H groups in total. The molecule has 106 valence electrons. The number of amides is 1. The second-order valence-corrected chi connectivity index (χ2v) is 5.30. The maximum atomic E-state index is 12.2. The van der Waals surface area contributed by atoms with Crippen molar-refractivity contribution < 1.29 is 4.79 Å². The molecule has 1 amide bonds. The summed E-state index contributed by atoms with van der Waals surface area (Å²) in [5, 5.41) is 6.46. The number of nitrogens with zero attached hydrogens (tertiary/aromatic N) is 1.